The second-order valence-electron chi connectivity index (χ2n) is 10.8. The first-order valence-electron chi connectivity index (χ1n) is 15.0. The molecule has 6 aromatic carbocycles. The summed E-state index contributed by atoms with van der Waals surface area (Å²) in [7, 11) is -2.48. The normalized spacial score (nSPS) is 13.1. The summed E-state index contributed by atoms with van der Waals surface area (Å²) in [5.41, 5.74) is 3.51. The number of hydrogen-bond acceptors (Lipinski definition) is 2. The predicted octanol–water partition coefficient (Wildman–Crippen LogP) is 7.77. The van der Waals surface area contributed by atoms with Crippen molar-refractivity contribution in [2.24, 2.45) is 0 Å². The summed E-state index contributed by atoms with van der Waals surface area (Å²) < 4.78 is 14.5. The van der Waals surface area contributed by atoms with E-state index >= 15 is 0 Å². The van der Waals surface area contributed by atoms with Gasteiger partial charge in [0, 0.05) is 10.5 Å². The second-order valence-corrected chi connectivity index (χ2v) is 14.6. The molecule has 6 aromatic rings. The molecule has 0 aromatic heterocycles. The van der Waals surface area contributed by atoms with Crippen molar-refractivity contribution < 1.29 is 9.00 Å². The van der Waals surface area contributed by atoms with Gasteiger partial charge in [-0.15, -0.1) is 0 Å². The average molecular weight is 624 g/mol. The van der Waals surface area contributed by atoms with Crippen LogP contribution in [0, 0.1) is 6.92 Å². The van der Waals surface area contributed by atoms with Gasteiger partial charge in [0.15, 0.2) is 0 Å². The van der Waals surface area contributed by atoms with Crippen LogP contribution in [-0.2, 0) is 10.8 Å². The summed E-state index contributed by atoms with van der Waals surface area (Å²) in [6.45, 7) is 2.02. The Morgan fingerprint density at radius 3 is 1.60 bits per heavy atom. The van der Waals surface area contributed by atoms with E-state index in [-0.39, 0.29) is 5.91 Å². The van der Waals surface area contributed by atoms with Gasteiger partial charge >= 0.3 is 0 Å². The highest BCUT2D eigenvalue weighted by atomic mass is 32.2. The predicted molar refractivity (Wildman–Crippen MR) is 189 cm³/mol. The quantitative estimate of drug-likeness (QED) is 0.159. The van der Waals surface area contributed by atoms with Crippen molar-refractivity contribution in [3.05, 3.63) is 192 Å². The molecule has 0 heterocycles. The lowest BCUT2D eigenvalue weighted by molar-refractivity contribution is 0.0937. The molecule has 3 nitrogen and oxygen atoms in total. The Morgan fingerprint density at radius 1 is 0.578 bits per heavy atom. The average Bonchev–Trinajstić information content (AvgIpc) is 3.10. The zero-order valence-electron chi connectivity index (χ0n) is 25.0. The largest absolute Gasteiger partial charge is 0.344 e. The van der Waals surface area contributed by atoms with Crippen molar-refractivity contribution in [1.82, 2.24) is 5.32 Å². The van der Waals surface area contributed by atoms with Crippen molar-refractivity contribution in [1.29, 1.82) is 0 Å². The van der Waals surface area contributed by atoms with E-state index < -0.39 is 30.0 Å². The maximum atomic E-state index is 14.6. The molecule has 1 N–H and O–H groups in total. The third-order valence-electron chi connectivity index (χ3n) is 7.78. The van der Waals surface area contributed by atoms with Gasteiger partial charge in [0.1, 0.15) is 0 Å². The summed E-state index contributed by atoms with van der Waals surface area (Å²) in [5.74, 6) is -0.194. The minimum atomic E-state index is -1.47. The Balaban J connectivity index is 1.45. The Morgan fingerprint density at radius 2 is 1.04 bits per heavy atom. The summed E-state index contributed by atoms with van der Waals surface area (Å²) in [6, 6.07) is 55.7. The first kappa shape index (κ1) is 30.4. The van der Waals surface area contributed by atoms with Crippen LogP contribution in [0.2, 0.25) is 0 Å². The first-order valence-corrected chi connectivity index (χ1v) is 17.5. The van der Waals surface area contributed by atoms with Gasteiger partial charge in [-0.05, 0) is 60.1 Å². The fourth-order valence-corrected chi connectivity index (χ4v) is 9.58. The lowest BCUT2D eigenvalue weighted by atomic mass is 9.97. The molecule has 1 amide bonds. The van der Waals surface area contributed by atoms with Crippen molar-refractivity contribution >= 4 is 40.5 Å². The van der Waals surface area contributed by atoms with Gasteiger partial charge in [-0.2, -0.15) is 0 Å². The number of aryl methyl sites for hydroxylation is 1. The Labute approximate surface area is 269 Å². The van der Waals surface area contributed by atoms with Gasteiger partial charge in [0.2, 0.25) is 0 Å². The third-order valence-corrected chi connectivity index (χ3v) is 12.0. The van der Waals surface area contributed by atoms with Gasteiger partial charge in [0.05, 0.1) is 22.1 Å². The molecule has 6 rings (SSSR count). The number of carbonyl (C=O) groups excluding carboxylic acids is 1. The lowest BCUT2D eigenvalue weighted by Gasteiger charge is -2.29. The van der Waals surface area contributed by atoms with Crippen LogP contribution in [0.3, 0.4) is 0 Å². The molecule has 2 unspecified atom stereocenters. The zero-order valence-corrected chi connectivity index (χ0v) is 26.7. The molecule has 0 saturated carbocycles. The van der Waals surface area contributed by atoms with Gasteiger partial charge in [-0.3, -0.25) is 9.00 Å². The van der Waals surface area contributed by atoms with Gasteiger partial charge in [-0.1, -0.05) is 157 Å². The smallest absolute Gasteiger partial charge is 0.252 e. The Hall–Kier alpha value is -4.63. The summed E-state index contributed by atoms with van der Waals surface area (Å²) >= 11 is 0. The Bertz CT molecular complexity index is 1830. The van der Waals surface area contributed by atoms with Crippen LogP contribution in [0.5, 0.6) is 0 Å². The van der Waals surface area contributed by atoms with Crippen LogP contribution in [0.1, 0.15) is 38.3 Å². The first-order chi connectivity index (χ1) is 22.1. The molecule has 0 fully saturated rings. The molecule has 45 heavy (non-hydrogen) atoms. The third kappa shape index (κ3) is 7.04. The van der Waals surface area contributed by atoms with E-state index in [1.807, 2.05) is 146 Å². The van der Waals surface area contributed by atoms with E-state index in [9.17, 15) is 9.00 Å². The molecule has 0 aliphatic heterocycles. The monoisotopic (exact) mass is 623 g/mol. The van der Waals surface area contributed by atoms with E-state index in [1.54, 1.807) is 0 Å². The van der Waals surface area contributed by atoms with Crippen molar-refractivity contribution in [3.63, 3.8) is 0 Å². The summed E-state index contributed by atoms with van der Waals surface area (Å²) in [4.78, 5) is 15.3. The van der Waals surface area contributed by atoms with Gasteiger partial charge < -0.3 is 5.32 Å². The van der Waals surface area contributed by atoms with E-state index in [1.165, 1.54) is 10.6 Å². The molecule has 0 radical (unpaired) electrons. The molecular formula is C40H34NO2PS. The SMILES string of the molecule is Cc1ccc([S@](=O)C(c2ccccc2)C(NC(=O)c2ccccc2P(c2ccccc2)c2ccccc2)c2ccccc2)cc1. The minimum absolute atomic E-state index is 0.194. The van der Waals surface area contributed by atoms with Crippen LogP contribution in [0.25, 0.3) is 0 Å². The molecule has 0 aliphatic carbocycles. The van der Waals surface area contributed by atoms with E-state index in [0.29, 0.717) is 5.56 Å². The van der Waals surface area contributed by atoms with Crippen molar-refractivity contribution in [2.45, 2.75) is 23.1 Å². The number of nitrogens with one attached hydrogen (secondary N) is 1. The number of hydrogen-bond donors (Lipinski definition) is 1. The maximum Gasteiger partial charge on any atom is 0.252 e. The molecule has 0 aliphatic rings. The van der Waals surface area contributed by atoms with E-state index in [4.69, 9.17) is 0 Å². The highest BCUT2D eigenvalue weighted by Crippen LogP contribution is 2.38. The standard InChI is InChI=1S/C40H34NO2PS/c1-30-26-28-35(29-27-30)45(43)39(32-18-8-3-9-19-32)38(31-16-6-2-7-17-31)41-40(42)36-24-14-15-25-37(36)44(33-20-10-4-11-21-33)34-22-12-5-13-23-34/h2-29,38-39H,1H3,(H,41,42)/t38?,39?,45-/m0/s1. The summed E-state index contributed by atoms with van der Waals surface area (Å²) in [6.07, 6.45) is 0. The van der Waals surface area contributed by atoms with Crippen LogP contribution < -0.4 is 21.2 Å². The molecule has 222 valence electrons. The van der Waals surface area contributed by atoms with Crippen LogP contribution in [0.15, 0.2) is 175 Å². The molecule has 0 spiro atoms. The van der Waals surface area contributed by atoms with Crippen LogP contribution >= 0.6 is 7.92 Å². The topological polar surface area (TPSA) is 46.2 Å². The highest BCUT2D eigenvalue weighted by molar-refractivity contribution is 7.85. The van der Waals surface area contributed by atoms with Crippen LogP contribution in [-0.4, -0.2) is 10.1 Å². The number of carbonyl (C=O) groups is 1. The zero-order chi connectivity index (χ0) is 31.0. The van der Waals surface area contributed by atoms with Crippen molar-refractivity contribution in [2.75, 3.05) is 0 Å². The van der Waals surface area contributed by atoms with E-state index in [0.717, 1.165) is 26.9 Å². The minimum Gasteiger partial charge on any atom is -0.344 e. The maximum absolute atomic E-state index is 14.6. The molecule has 0 saturated heterocycles. The molecule has 5 heteroatoms. The number of amides is 1. The highest BCUT2D eigenvalue weighted by Gasteiger charge is 2.33. The van der Waals surface area contributed by atoms with Gasteiger partial charge in [0.25, 0.3) is 5.91 Å². The van der Waals surface area contributed by atoms with Gasteiger partial charge in [-0.25, -0.2) is 0 Å². The number of benzene rings is 6. The van der Waals surface area contributed by atoms with E-state index in [2.05, 4.69) is 35.6 Å². The molecule has 0 bridgehead atoms. The van der Waals surface area contributed by atoms with Crippen molar-refractivity contribution in [3.8, 4) is 0 Å². The molecular weight excluding hydrogens is 589 g/mol. The lowest BCUT2D eigenvalue weighted by Crippen LogP contribution is -2.37. The number of rotatable bonds is 10. The molecule has 3 atom stereocenters. The fourth-order valence-electron chi connectivity index (χ4n) is 5.56. The summed E-state index contributed by atoms with van der Waals surface area (Å²) in [5, 5.41) is 6.17. The fraction of sp³-hybridized carbons (Fsp3) is 0.0750. The van der Waals surface area contributed by atoms with Crippen LogP contribution in [0.4, 0.5) is 0 Å². The second kappa shape index (κ2) is 14.4. The Kier molecular flexibility index (Phi) is 9.75.